The summed E-state index contributed by atoms with van der Waals surface area (Å²) in [5, 5.41) is 3.27. The van der Waals surface area contributed by atoms with Crippen molar-refractivity contribution in [3.8, 4) is 0 Å². The van der Waals surface area contributed by atoms with E-state index in [0.717, 1.165) is 14.3 Å². The Hall–Kier alpha value is -2.88. The molecule has 196 valence electrons. The van der Waals surface area contributed by atoms with Gasteiger partial charge in [0.05, 0.1) is 10.6 Å². The van der Waals surface area contributed by atoms with E-state index in [1.165, 1.54) is 17.0 Å². The maximum absolute atomic E-state index is 13.8. The lowest BCUT2D eigenvalue weighted by atomic mass is 10.1. The second kappa shape index (κ2) is 12.6. The van der Waals surface area contributed by atoms with Gasteiger partial charge >= 0.3 is 0 Å². The second-order valence-electron chi connectivity index (χ2n) is 8.79. The molecular weight excluding hydrogens is 578 g/mol. The number of anilines is 1. The van der Waals surface area contributed by atoms with Crippen LogP contribution in [0.5, 0.6) is 0 Å². The van der Waals surface area contributed by atoms with Crippen molar-refractivity contribution in [2.45, 2.75) is 44.3 Å². The largest absolute Gasteiger partial charge is 0.352 e. The van der Waals surface area contributed by atoms with Crippen LogP contribution in [0, 0.1) is 0 Å². The number of nitrogens with zero attached hydrogens (tertiary/aromatic N) is 2. The Balaban J connectivity index is 2.00. The molecule has 0 saturated heterocycles. The zero-order valence-electron chi connectivity index (χ0n) is 20.8. The Kier molecular flexibility index (Phi) is 9.75. The van der Waals surface area contributed by atoms with Crippen molar-refractivity contribution < 1.29 is 18.0 Å². The maximum atomic E-state index is 13.8. The minimum atomic E-state index is -4.10. The molecule has 0 aliphatic rings. The molecule has 0 bridgehead atoms. The topological polar surface area (TPSA) is 86.8 Å². The number of sulfonamides is 1. The van der Waals surface area contributed by atoms with Gasteiger partial charge in [-0.1, -0.05) is 57.9 Å². The van der Waals surface area contributed by atoms with Gasteiger partial charge in [-0.3, -0.25) is 13.9 Å². The standard InChI is InChI=1S/C27H29BrClN3O4S/c1-19(2)30-27(34)20(3)31(17-21-9-11-22(28)12-10-21)26(33)18-32(24-15-13-23(29)14-16-24)37(35,36)25-7-5-4-6-8-25/h4-16,19-20H,17-18H2,1-3H3,(H,30,34)/t20-/m1/s1. The molecule has 0 spiro atoms. The minimum absolute atomic E-state index is 0.0443. The number of carbonyl (C=O) groups excluding carboxylic acids is 2. The van der Waals surface area contributed by atoms with Crippen molar-refractivity contribution in [2.75, 3.05) is 10.8 Å². The highest BCUT2D eigenvalue weighted by Crippen LogP contribution is 2.26. The second-order valence-corrected chi connectivity index (χ2v) is 12.0. The first kappa shape index (κ1) is 28.7. The zero-order chi connectivity index (χ0) is 27.2. The summed E-state index contributed by atoms with van der Waals surface area (Å²) < 4.78 is 29.2. The highest BCUT2D eigenvalue weighted by atomic mass is 79.9. The number of halogens is 2. The maximum Gasteiger partial charge on any atom is 0.264 e. The third-order valence-corrected chi connectivity index (χ3v) is 8.16. The van der Waals surface area contributed by atoms with E-state index >= 15 is 0 Å². The SMILES string of the molecule is CC(C)NC(=O)[C@@H](C)N(Cc1ccc(Br)cc1)C(=O)CN(c1ccc(Cl)cc1)S(=O)(=O)c1ccccc1. The van der Waals surface area contributed by atoms with E-state index in [0.29, 0.717) is 5.02 Å². The summed E-state index contributed by atoms with van der Waals surface area (Å²) in [4.78, 5) is 28.1. The molecule has 1 N–H and O–H groups in total. The summed E-state index contributed by atoms with van der Waals surface area (Å²) in [7, 11) is -4.10. The predicted octanol–water partition coefficient (Wildman–Crippen LogP) is 5.24. The van der Waals surface area contributed by atoms with Gasteiger partial charge in [-0.05, 0) is 74.9 Å². The molecule has 0 aliphatic heterocycles. The average Bonchev–Trinajstić information content (AvgIpc) is 2.87. The van der Waals surface area contributed by atoms with Gasteiger partial charge in [0.15, 0.2) is 0 Å². The van der Waals surface area contributed by atoms with E-state index in [1.54, 1.807) is 49.4 Å². The Morgan fingerprint density at radius 3 is 2.08 bits per heavy atom. The fourth-order valence-corrected chi connectivity index (χ4v) is 5.46. The van der Waals surface area contributed by atoms with E-state index in [9.17, 15) is 18.0 Å². The first-order valence-electron chi connectivity index (χ1n) is 11.7. The molecule has 3 aromatic rings. The molecule has 0 radical (unpaired) electrons. The summed E-state index contributed by atoms with van der Waals surface area (Å²) in [6.07, 6.45) is 0. The number of benzene rings is 3. The summed E-state index contributed by atoms with van der Waals surface area (Å²) >= 11 is 9.43. The van der Waals surface area contributed by atoms with Crippen LogP contribution in [0.15, 0.2) is 88.2 Å². The highest BCUT2D eigenvalue weighted by Gasteiger charge is 2.32. The molecule has 3 aromatic carbocycles. The highest BCUT2D eigenvalue weighted by molar-refractivity contribution is 9.10. The number of nitrogens with one attached hydrogen (secondary N) is 1. The molecule has 0 heterocycles. The van der Waals surface area contributed by atoms with Gasteiger partial charge in [-0.2, -0.15) is 0 Å². The molecule has 0 saturated carbocycles. The molecule has 10 heteroatoms. The van der Waals surface area contributed by atoms with Gasteiger partial charge in [0.25, 0.3) is 10.0 Å². The van der Waals surface area contributed by atoms with E-state index in [2.05, 4.69) is 21.2 Å². The Bertz CT molecular complexity index is 1320. The van der Waals surface area contributed by atoms with Crippen LogP contribution in [0.3, 0.4) is 0 Å². The van der Waals surface area contributed by atoms with Crippen LogP contribution in [-0.2, 0) is 26.2 Å². The summed E-state index contributed by atoms with van der Waals surface area (Å²) in [5.41, 5.74) is 1.08. The molecule has 2 amide bonds. The quantitative estimate of drug-likeness (QED) is 0.342. The van der Waals surface area contributed by atoms with Gasteiger partial charge in [-0.15, -0.1) is 0 Å². The molecule has 3 rings (SSSR count). The lowest BCUT2D eigenvalue weighted by molar-refractivity contribution is -0.139. The molecule has 0 unspecified atom stereocenters. The Morgan fingerprint density at radius 1 is 0.919 bits per heavy atom. The smallest absolute Gasteiger partial charge is 0.264 e. The average molecular weight is 607 g/mol. The fraction of sp³-hybridized carbons (Fsp3) is 0.259. The van der Waals surface area contributed by atoms with Gasteiger partial charge < -0.3 is 10.2 Å². The zero-order valence-corrected chi connectivity index (χ0v) is 23.9. The Labute approximate surface area is 231 Å². The minimum Gasteiger partial charge on any atom is -0.352 e. The van der Waals surface area contributed by atoms with Crippen molar-refractivity contribution in [1.29, 1.82) is 0 Å². The van der Waals surface area contributed by atoms with E-state index in [-0.39, 0.29) is 29.1 Å². The number of hydrogen-bond acceptors (Lipinski definition) is 4. The van der Waals surface area contributed by atoms with Gasteiger partial charge in [0.1, 0.15) is 12.6 Å². The molecule has 0 aliphatic carbocycles. The monoisotopic (exact) mass is 605 g/mol. The summed E-state index contributed by atoms with van der Waals surface area (Å²) in [6.45, 7) is 4.92. The van der Waals surface area contributed by atoms with Crippen molar-refractivity contribution in [1.82, 2.24) is 10.2 Å². The van der Waals surface area contributed by atoms with Crippen LogP contribution < -0.4 is 9.62 Å². The third kappa shape index (κ3) is 7.56. The van der Waals surface area contributed by atoms with E-state index in [4.69, 9.17) is 11.6 Å². The van der Waals surface area contributed by atoms with Crippen molar-refractivity contribution in [3.63, 3.8) is 0 Å². The molecule has 37 heavy (non-hydrogen) atoms. The molecule has 7 nitrogen and oxygen atoms in total. The first-order valence-corrected chi connectivity index (χ1v) is 14.3. The first-order chi connectivity index (χ1) is 17.5. The normalized spacial score (nSPS) is 12.2. The van der Waals surface area contributed by atoms with Crippen LogP contribution in [0.2, 0.25) is 5.02 Å². The van der Waals surface area contributed by atoms with Gasteiger partial charge in [0, 0.05) is 22.1 Å². The van der Waals surface area contributed by atoms with Crippen LogP contribution >= 0.6 is 27.5 Å². The Morgan fingerprint density at radius 2 is 1.51 bits per heavy atom. The fourth-order valence-electron chi connectivity index (χ4n) is 3.63. The summed E-state index contributed by atoms with van der Waals surface area (Å²) in [5.74, 6) is -0.854. The number of rotatable bonds is 10. The van der Waals surface area contributed by atoms with Gasteiger partial charge in [0.2, 0.25) is 11.8 Å². The van der Waals surface area contributed by atoms with Crippen molar-refractivity contribution in [2.24, 2.45) is 0 Å². The van der Waals surface area contributed by atoms with E-state index < -0.39 is 28.5 Å². The third-order valence-electron chi connectivity index (χ3n) is 5.59. The van der Waals surface area contributed by atoms with Crippen LogP contribution in [0.1, 0.15) is 26.3 Å². The predicted molar refractivity (Wildman–Crippen MR) is 150 cm³/mol. The number of carbonyl (C=O) groups is 2. The van der Waals surface area contributed by atoms with Crippen LogP contribution in [-0.4, -0.2) is 43.8 Å². The molecule has 1 atom stereocenters. The molecule has 0 aromatic heterocycles. The van der Waals surface area contributed by atoms with Crippen molar-refractivity contribution >= 4 is 55.1 Å². The lowest BCUT2D eigenvalue weighted by Crippen LogP contribution is -2.52. The summed E-state index contributed by atoms with van der Waals surface area (Å²) in [6, 6.07) is 20.5. The van der Waals surface area contributed by atoms with Gasteiger partial charge in [-0.25, -0.2) is 8.42 Å². The molecular formula is C27H29BrClN3O4S. The number of hydrogen-bond donors (Lipinski definition) is 1. The van der Waals surface area contributed by atoms with Crippen molar-refractivity contribution in [3.05, 3.63) is 93.9 Å². The van der Waals surface area contributed by atoms with Crippen LogP contribution in [0.4, 0.5) is 5.69 Å². The van der Waals surface area contributed by atoms with E-state index in [1.807, 2.05) is 38.1 Å². The van der Waals surface area contributed by atoms with Crippen LogP contribution in [0.25, 0.3) is 0 Å². The lowest BCUT2D eigenvalue weighted by Gasteiger charge is -2.32. The molecule has 0 fully saturated rings. The number of amides is 2.